The van der Waals surface area contributed by atoms with E-state index in [1.807, 2.05) is 6.92 Å². The van der Waals surface area contributed by atoms with Crippen molar-refractivity contribution >= 4 is 11.8 Å². The van der Waals surface area contributed by atoms with E-state index in [-0.39, 0.29) is 18.4 Å². The molecule has 0 atom stereocenters. The molecule has 0 saturated heterocycles. The molecular formula is C19H26N2O3. The zero-order valence-electron chi connectivity index (χ0n) is 14.3. The second kappa shape index (κ2) is 9.75. The molecule has 2 N–H and O–H groups in total. The van der Waals surface area contributed by atoms with E-state index >= 15 is 0 Å². The molecule has 1 aromatic rings. The molecule has 2 rings (SSSR count). The van der Waals surface area contributed by atoms with E-state index in [4.69, 9.17) is 4.74 Å². The molecule has 0 aromatic heterocycles. The predicted molar refractivity (Wildman–Crippen MR) is 94.1 cm³/mol. The first kappa shape index (κ1) is 18.0. The van der Waals surface area contributed by atoms with E-state index in [9.17, 15) is 9.59 Å². The molecule has 0 spiro atoms. The molecule has 1 aromatic carbocycles. The van der Waals surface area contributed by atoms with E-state index in [0.29, 0.717) is 18.7 Å². The monoisotopic (exact) mass is 330 g/mol. The van der Waals surface area contributed by atoms with Gasteiger partial charge in [-0.25, -0.2) is 0 Å². The number of ether oxygens (including phenoxy) is 1. The molecular weight excluding hydrogens is 304 g/mol. The van der Waals surface area contributed by atoms with E-state index in [1.165, 1.54) is 18.4 Å². The van der Waals surface area contributed by atoms with Crippen LogP contribution in [0.15, 0.2) is 35.9 Å². The van der Waals surface area contributed by atoms with Crippen LogP contribution in [0, 0.1) is 0 Å². The van der Waals surface area contributed by atoms with Crippen molar-refractivity contribution in [3.8, 4) is 5.75 Å². The molecule has 0 fully saturated rings. The summed E-state index contributed by atoms with van der Waals surface area (Å²) < 4.78 is 5.33. The van der Waals surface area contributed by atoms with Gasteiger partial charge in [0, 0.05) is 12.1 Å². The van der Waals surface area contributed by atoms with Gasteiger partial charge in [-0.05, 0) is 63.3 Å². The highest BCUT2D eigenvalue weighted by Gasteiger charge is 2.09. The fourth-order valence-electron chi connectivity index (χ4n) is 2.69. The molecule has 130 valence electrons. The summed E-state index contributed by atoms with van der Waals surface area (Å²) in [6.07, 6.45) is 8.00. The van der Waals surface area contributed by atoms with Gasteiger partial charge in [-0.2, -0.15) is 0 Å². The summed E-state index contributed by atoms with van der Waals surface area (Å²) in [7, 11) is 0. The van der Waals surface area contributed by atoms with Crippen molar-refractivity contribution < 1.29 is 14.3 Å². The first-order valence-corrected chi connectivity index (χ1v) is 8.64. The highest BCUT2D eigenvalue weighted by molar-refractivity contribution is 5.96. The zero-order valence-corrected chi connectivity index (χ0v) is 14.3. The van der Waals surface area contributed by atoms with Crippen LogP contribution < -0.4 is 15.4 Å². The number of benzene rings is 1. The van der Waals surface area contributed by atoms with E-state index in [1.54, 1.807) is 24.3 Å². The number of allylic oxidation sites excluding steroid dienone is 1. The van der Waals surface area contributed by atoms with Crippen LogP contribution in [0.2, 0.25) is 0 Å². The maximum absolute atomic E-state index is 12.0. The van der Waals surface area contributed by atoms with Gasteiger partial charge in [0.2, 0.25) is 5.91 Å². The molecule has 2 amide bonds. The Kier molecular flexibility index (Phi) is 7.33. The highest BCUT2D eigenvalue weighted by Crippen LogP contribution is 2.19. The largest absolute Gasteiger partial charge is 0.494 e. The summed E-state index contributed by atoms with van der Waals surface area (Å²) in [6, 6.07) is 6.87. The quantitative estimate of drug-likeness (QED) is 0.720. The lowest BCUT2D eigenvalue weighted by Crippen LogP contribution is -2.37. The SMILES string of the molecule is CCOc1ccc(C(=O)NCC(=O)NCCC2=CCCCC2)cc1. The normalized spacial score (nSPS) is 13.8. The van der Waals surface area contributed by atoms with Crippen LogP contribution in [0.5, 0.6) is 5.75 Å². The van der Waals surface area contributed by atoms with Crippen LogP contribution in [0.4, 0.5) is 0 Å². The van der Waals surface area contributed by atoms with Crippen molar-refractivity contribution in [2.75, 3.05) is 19.7 Å². The van der Waals surface area contributed by atoms with E-state index in [2.05, 4.69) is 16.7 Å². The van der Waals surface area contributed by atoms with Crippen LogP contribution in [0.3, 0.4) is 0 Å². The van der Waals surface area contributed by atoms with Gasteiger partial charge < -0.3 is 15.4 Å². The van der Waals surface area contributed by atoms with Gasteiger partial charge in [0.25, 0.3) is 5.91 Å². The fourth-order valence-corrected chi connectivity index (χ4v) is 2.69. The molecule has 0 radical (unpaired) electrons. The maximum Gasteiger partial charge on any atom is 0.251 e. The van der Waals surface area contributed by atoms with Gasteiger partial charge in [0.15, 0.2) is 0 Å². The number of carbonyl (C=O) groups excluding carboxylic acids is 2. The standard InChI is InChI=1S/C19H26N2O3/c1-2-24-17-10-8-16(9-11-17)19(23)21-14-18(22)20-13-12-15-6-4-3-5-7-15/h6,8-11H,2-5,7,12-14H2,1H3,(H,20,22)(H,21,23). The number of rotatable bonds is 8. The number of amides is 2. The Labute approximate surface area is 143 Å². The minimum Gasteiger partial charge on any atom is -0.494 e. The second-order valence-corrected chi connectivity index (χ2v) is 5.85. The van der Waals surface area contributed by atoms with Crippen molar-refractivity contribution in [2.24, 2.45) is 0 Å². The number of carbonyl (C=O) groups is 2. The topological polar surface area (TPSA) is 67.4 Å². The Morgan fingerprint density at radius 3 is 2.58 bits per heavy atom. The van der Waals surface area contributed by atoms with Crippen LogP contribution in [0.25, 0.3) is 0 Å². The molecule has 0 saturated carbocycles. The smallest absolute Gasteiger partial charge is 0.251 e. The predicted octanol–water partition coefficient (Wildman–Crippen LogP) is 2.82. The zero-order chi connectivity index (χ0) is 17.2. The number of hydrogen-bond acceptors (Lipinski definition) is 3. The summed E-state index contributed by atoms with van der Waals surface area (Å²) in [6.45, 7) is 3.11. The molecule has 5 nitrogen and oxygen atoms in total. The van der Waals surface area contributed by atoms with Gasteiger partial charge in [-0.1, -0.05) is 11.6 Å². The first-order valence-electron chi connectivity index (χ1n) is 8.64. The number of hydrogen-bond donors (Lipinski definition) is 2. The average Bonchev–Trinajstić information content (AvgIpc) is 2.61. The Hall–Kier alpha value is -2.30. The van der Waals surface area contributed by atoms with Crippen LogP contribution in [0.1, 0.15) is 49.4 Å². The Morgan fingerprint density at radius 2 is 1.92 bits per heavy atom. The van der Waals surface area contributed by atoms with Crippen LogP contribution >= 0.6 is 0 Å². The summed E-state index contributed by atoms with van der Waals surface area (Å²) in [5, 5.41) is 5.48. The van der Waals surface area contributed by atoms with Gasteiger partial charge >= 0.3 is 0 Å². The minimum atomic E-state index is -0.261. The summed E-state index contributed by atoms with van der Waals surface area (Å²) in [4.78, 5) is 23.8. The summed E-state index contributed by atoms with van der Waals surface area (Å²) in [5.74, 6) is 0.303. The minimum absolute atomic E-state index is 0.00884. The van der Waals surface area contributed by atoms with E-state index < -0.39 is 0 Å². The maximum atomic E-state index is 12.0. The van der Waals surface area contributed by atoms with E-state index in [0.717, 1.165) is 25.0 Å². The summed E-state index contributed by atoms with van der Waals surface area (Å²) in [5.41, 5.74) is 1.94. The highest BCUT2D eigenvalue weighted by atomic mass is 16.5. The van der Waals surface area contributed by atoms with Crippen molar-refractivity contribution in [1.82, 2.24) is 10.6 Å². The van der Waals surface area contributed by atoms with Gasteiger partial charge in [0.05, 0.1) is 13.2 Å². The van der Waals surface area contributed by atoms with Gasteiger partial charge in [0.1, 0.15) is 5.75 Å². The molecule has 0 heterocycles. The third-order valence-electron chi connectivity index (χ3n) is 3.99. The van der Waals surface area contributed by atoms with Gasteiger partial charge in [-0.3, -0.25) is 9.59 Å². The van der Waals surface area contributed by atoms with Crippen molar-refractivity contribution in [1.29, 1.82) is 0 Å². The second-order valence-electron chi connectivity index (χ2n) is 5.85. The lowest BCUT2D eigenvalue weighted by atomic mass is 9.97. The molecule has 5 heteroatoms. The Morgan fingerprint density at radius 1 is 1.12 bits per heavy atom. The summed E-state index contributed by atoms with van der Waals surface area (Å²) >= 11 is 0. The molecule has 0 bridgehead atoms. The third kappa shape index (κ3) is 6.07. The lowest BCUT2D eigenvalue weighted by molar-refractivity contribution is -0.120. The molecule has 0 unspecified atom stereocenters. The fraction of sp³-hybridized carbons (Fsp3) is 0.474. The lowest BCUT2D eigenvalue weighted by Gasteiger charge is -2.13. The van der Waals surface area contributed by atoms with Crippen molar-refractivity contribution in [3.05, 3.63) is 41.5 Å². The molecule has 0 aliphatic heterocycles. The molecule has 1 aliphatic carbocycles. The number of nitrogens with one attached hydrogen (secondary N) is 2. The van der Waals surface area contributed by atoms with Gasteiger partial charge in [-0.15, -0.1) is 0 Å². The molecule has 24 heavy (non-hydrogen) atoms. The Bertz CT molecular complexity index is 579. The van der Waals surface area contributed by atoms with Crippen molar-refractivity contribution in [3.63, 3.8) is 0 Å². The van der Waals surface area contributed by atoms with Crippen LogP contribution in [-0.4, -0.2) is 31.5 Å². The molecule has 1 aliphatic rings. The Balaban J connectivity index is 1.66. The average molecular weight is 330 g/mol. The third-order valence-corrected chi connectivity index (χ3v) is 3.99. The van der Waals surface area contributed by atoms with Crippen LogP contribution in [-0.2, 0) is 4.79 Å². The first-order chi connectivity index (χ1) is 11.7. The van der Waals surface area contributed by atoms with Crippen molar-refractivity contribution in [2.45, 2.75) is 39.0 Å².